The molecule has 3 nitrogen and oxygen atoms in total. The number of nitrogens with one attached hydrogen (secondary N) is 1. The van der Waals surface area contributed by atoms with E-state index in [2.05, 4.69) is 77.0 Å². The molecule has 0 bridgehead atoms. The van der Waals surface area contributed by atoms with Crippen LogP contribution in [0.3, 0.4) is 0 Å². The summed E-state index contributed by atoms with van der Waals surface area (Å²) in [5, 5.41) is 3.10. The van der Waals surface area contributed by atoms with Crippen molar-refractivity contribution in [2.24, 2.45) is 5.92 Å². The number of aryl methyl sites for hydroxylation is 1. The molecule has 1 N–H and O–H groups in total. The van der Waals surface area contributed by atoms with E-state index in [9.17, 15) is 4.79 Å². The van der Waals surface area contributed by atoms with Crippen molar-refractivity contribution in [1.82, 2.24) is 10.3 Å². The van der Waals surface area contributed by atoms with Crippen molar-refractivity contribution < 1.29 is 4.79 Å². The number of aromatic nitrogens is 1. The van der Waals surface area contributed by atoms with Crippen molar-refractivity contribution in [3.63, 3.8) is 0 Å². The van der Waals surface area contributed by atoms with Gasteiger partial charge in [-0.05, 0) is 60.8 Å². The van der Waals surface area contributed by atoms with Crippen LogP contribution in [0.15, 0.2) is 85.2 Å². The van der Waals surface area contributed by atoms with Gasteiger partial charge in [-0.15, -0.1) is 0 Å². The first-order valence-corrected chi connectivity index (χ1v) is 11.1. The number of benzene rings is 2. The van der Waals surface area contributed by atoms with Gasteiger partial charge in [-0.1, -0.05) is 66.7 Å². The fourth-order valence-electron chi connectivity index (χ4n) is 4.64. The smallest absolute Gasteiger partial charge is 0.220 e. The summed E-state index contributed by atoms with van der Waals surface area (Å²) in [6.07, 6.45) is 9.47. The lowest BCUT2D eigenvalue weighted by Gasteiger charge is -2.19. The van der Waals surface area contributed by atoms with Crippen molar-refractivity contribution in [1.29, 1.82) is 0 Å². The van der Waals surface area contributed by atoms with Crippen LogP contribution in [0.4, 0.5) is 0 Å². The maximum absolute atomic E-state index is 12.4. The molecule has 0 radical (unpaired) electrons. The maximum Gasteiger partial charge on any atom is 0.220 e. The van der Waals surface area contributed by atoms with E-state index in [0.717, 1.165) is 38.6 Å². The van der Waals surface area contributed by atoms with Crippen molar-refractivity contribution in [3.8, 4) is 0 Å². The van der Waals surface area contributed by atoms with Gasteiger partial charge in [0.2, 0.25) is 5.91 Å². The molecule has 1 aliphatic rings. The number of amides is 1. The van der Waals surface area contributed by atoms with Gasteiger partial charge in [-0.3, -0.25) is 9.78 Å². The topological polar surface area (TPSA) is 42.0 Å². The molecule has 1 atom stereocenters. The van der Waals surface area contributed by atoms with Crippen LogP contribution in [-0.4, -0.2) is 17.4 Å². The Morgan fingerprint density at radius 1 is 0.933 bits per heavy atom. The Bertz CT molecular complexity index is 885. The molecule has 0 saturated heterocycles. The van der Waals surface area contributed by atoms with Crippen LogP contribution in [0.25, 0.3) is 0 Å². The summed E-state index contributed by atoms with van der Waals surface area (Å²) in [4.78, 5) is 16.5. The second kappa shape index (κ2) is 9.71. The third-order valence-corrected chi connectivity index (χ3v) is 6.34. The average molecular weight is 399 g/mol. The summed E-state index contributed by atoms with van der Waals surface area (Å²) in [7, 11) is 0. The van der Waals surface area contributed by atoms with Gasteiger partial charge in [0.1, 0.15) is 0 Å². The SMILES string of the molecule is O=C(CC[C@@H]1CC1(c1ccccc1)c1ccccc1)NCCCCc1cccnc1. The number of hydrogen-bond acceptors (Lipinski definition) is 2. The van der Waals surface area contributed by atoms with Crippen LogP contribution in [0.2, 0.25) is 0 Å². The third-order valence-electron chi connectivity index (χ3n) is 6.34. The highest BCUT2D eigenvalue weighted by Gasteiger charge is 2.55. The first-order valence-electron chi connectivity index (χ1n) is 11.1. The molecule has 3 heteroatoms. The zero-order valence-electron chi connectivity index (χ0n) is 17.5. The molecule has 30 heavy (non-hydrogen) atoms. The van der Waals surface area contributed by atoms with Gasteiger partial charge in [-0.2, -0.15) is 0 Å². The fourth-order valence-corrected chi connectivity index (χ4v) is 4.64. The van der Waals surface area contributed by atoms with E-state index >= 15 is 0 Å². The minimum absolute atomic E-state index is 0.0759. The number of rotatable bonds is 10. The van der Waals surface area contributed by atoms with Crippen LogP contribution in [0.1, 0.15) is 48.8 Å². The summed E-state index contributed by atoms with van der Waals surface area (Å²) >= 11 is 0. The number of carbonyl (C=O) groups excluding carboxylic acids is 1. The number of pyridine rings is 1. The molecule has 0 aliphatic heterocycles. The molecule has 2 aromatic carbocycles. The molecule has 0 unspecified atom stereocenters. The summed E-state index contributed by atoms with van der Waals surface area (Å²) in [6, 6.07) is 25.6. The van der Waals surface area contributed by atoms with Gasteiger partial charge >= 0.3 is 0 Å². The van der Waals surface area contributed by atoms with Crippen LogP contribution < -0.4 is 5.32 Å². The predicted molar refractivity (Wildman–Crippen MR) is 121 cm³/mol. The normalized spacial score (nSPS) is 16.7. The van der Waals surface area contributed by atoms with E-state index in [1.165, 1.54) is 16.7 Å². The predicted octanol–water partition coefficient (Wildman–Crippen LogP) is 5.31. The Hall–Kier alpha value is -2.94. The largest absolute Gasteiger partial charge is 0.356 e. The lowest BCUT2D eigenvalue weighted by Crippen LogP contribution is -2.24. The van der Waals surface area contributed by atoms with E-state index in [4.69, 9.17) is 0 Å². The monoisotopic (exact) mass is 398 g/mol. The molecule has 1 saturated carbocycles. The zero-order valence-corrected chi connectivity index (χ0v) is 17.5. The highest BCUT2D eigenvalue weighted by Crippen LogP contribution is 2.60. The van der Waals surface area contributed by atoms with E-state index in [1.54, 1.807) is 6.20 Å². The Balaban J connectivity index is 1.24. The number of carbonyl (C=O) groups is 1. The maximum atomic E-state index is 12.4. The van der Waals surface area contributed by atoms with Crippen molar-refractivity contribution in [3.05, 3.63) is 102 Å². The minimum atomic E-state index is 0.0759. The Morgan fingerprint density at radius 3 is 2.27 bits per heavy atom. The number of nitrogens with zero attached hydrogens (tertiary/aromatic N) is 1. The molecule has 1 aromatic heterocycles. The number of hydrogen-bond donors (Lipinski definition) is 1. The minimum Gasteiger partial charge on any atom is -0.356 e. The van der Waals surface area contributed by atoms with Gasteiger partial charge in [-0.25, -0.2) is 0 Å². The van der Waals surface area contributed by atoms with Crippen molar-refractivity contribution >= 4 is 5.91 Å². The van der Waals surface area contributed by atoms with Gasteiger partial charge in [0, 0.05) is 30.8 Å². The molecule has 0 spiro atoms. The van der Waals surface area contributed by atoms with E-state index < -0.39 is 0 Å². The number of unbranched alkanes of at least 4 members (excludes halogenated alkanes) is 1. The van der Waals surface area contributed by atoms with E-state index in [1.807, 2.05) is 12.3 Å². The van der Waals surface area contributed by atoms with Gasteiger partial charge < -0.3 is 5.32 Å². The zero-order chi connectivity index (χ0) is 20.7. The van der Waals surface area contributed by atoms with Crippen LogP contribution in [-0.2, 0) is 16.6 Å². The fraction of sp³-hybridized carbons (Fsp3) is 0.333. The molecule has 1 amide bonds. The van der Waals surface area contributed by atoms with Crippen LogP contribution in [0, 0.1) is 5.92 Å². The van der Waals surface area contributed by atoms with Gasteiger partial charge in [0.05, 0.1) is 0 Å². The second-order valence-corrected chi connectivity index (χ2v) is 8.31. The highest BCUT2D eigenvalue weighted by atomic mass is 16.1. The lowest BCUT2D eigenvalue weighted by molar-refractivity contribution is -0.121. The molecule has 1 heterocycles. The van der Waals surface area contributed by atoms with Crippen LogP contribution in [0.5, 0.6) is 0 Å². The van der Waals surface area contributed by atoms with Crippen molar-refractivity contribution in [2.75, 3.05) is 6.54 Å². The van der Waals surface area contributed by atoms with Crippen LogP contribution >= 0.6 is 0 Å². The summed E-state index contributed by atoms with van der Waals surface area (Å²) in [5.41, 5.74) is 4.08. The molecular formula is C27H30N2O. The summed E-state index contributed by atoms with van der Waals surface area (Å²) in [5.74, 6) is 0.705. The van der Waals surface area contributed by atoms with E-state index in [-0.39, 0.29) is 11.3 Å². The lowest BCUT2D eigenvalue weighted by atomic mass is 9.85. The quantitative estimate of drug-likeness (QED) is 0.471. The molecule has 1 aliphatic carbocycles. The molecule has 4 rings (SSSR count). The Morgan fingerprint density at radius 2 is 1.63 bits per heavy atom. The molecular weight excluding hydrogens is 368 g/mol. The molecule has 154 valence electrons. The van der Waals surface area contributed by atoms with Crippen molar-refractivity contribution in [2.45, 2.75) is 43.9 Å². The first kappa shape index (κ1) is 20.3. The third kappa shape index (κ3) is 4.79. The van der Waals surface area contributed by atoms with Gasteiger partial charge in [0.15, 0.2) is 0 Å². The summed E-state index contributed by atoms with van der Waals surface area (Å²) in [6.45, 7) is 0.756. The molecule has 1 fully saturated rings. The standard InChI is InChI=1S/C27H30N2O/c30-26(29-19-8-7-10-22-11-9-18-28-21-22)17-16-25-20-27(25,23-12-3-1-4-13-23)24-14-5-2-6-15-24/h1-6,9,11-15,18,21,25H,7-8,10,16-17,19-20H2,(H,29,30)/t25-/m1/s1. The average Bonchev–Trinajstić information content (AvgIpc) is 3.55. The van der Waals surface area contributed by atoms with E-state index in [0.29, 0.717) is 12.3 Å². The second-order valence-electron chi connectivity index (χ2n) is 8.31. The first-order chi connectivity index (χ1) is 14.8. The van der Waals surface area contributed by atoms with Gasteiger partial charge in [0.25, 0.3) is 0 Å². The Kier molecular flexibility index (Phi) is 6.58. The summed E-state index contributed by atoms with van der Waals surface area (Å²) < 4.78 is 0. The highest BCUT2D eigenvalue weighted by molar-refractivity contribution is 5.76. The Labute approximate surface area is 179 Å². The molecule has 3 aromatic rings.